The van der Waals surface area contributed by atoms with Crippen LogP contribution in [0.1, 0.15) is 10.4 Å². The van der Waals surface area contributed by atoms with Crippen LogP contribution in [0.5, 0.6) is 5.75 Å². The number of ether oxygens (including phenoxy) is 2. The van der Waals surface area contributed by atoms with Crippen LogP contribution in [0.25, 0.3) is 0 Å². The Bertz CT molecular complexity index is 1050. The van der Waals surface area contributed by atoms with Crippen LogP contribution in [0.15, 0.2) is 47.4 Å². The summed E-state index contributed by atoms with van der Waals surface area (Å²) in [6, 6.07) is 10.9. The molecule has 1 aliphatic rings. The molecule has 2 amide bonds. The molecule has 154 valence electrons. The third-order valence-electron chi connectivity index (χ3n) is 4.36. The molecule has 0 atom stereocenters. The van der Waals surface area contributed by atoms with Gasteiger partial charge in [0.2, 0.25) is 10.0 Å². The van der Waals surface area contributed by atoms with Crippen molar-refractivity contribution in [2.75, 3.05) is 44.6 Å². The Hall–Kier alpha value is -3.11. The van der Waals surface area contributed by atoms with Gasteiger partial charge in [0.15, 0.2) is 0 Å². The van der Waals surface area contributed by atoms with Crippen molar-refractivity contribution in [3.05, 3.63) is 48.0 Å². The average molecular weight is 419 g/mol. The fourth-order valence-corrected chi connectivity index (χ4v) is 3.87. The highest BCUT2D eigenvalue weighted by molar-refractivity contribution is 7.89. The van der Waals surface area contributed by atoms with Gasteiger partial charge in [-0.05, 0) is 36.4 Å². The molecule has 0 bridgehead atoms. The van der Waals surface area contributed by atoms with Gasteiger partial charge in [-0.2, -0.15) is 0 Å². The summed E-state index contributed by atoms with van der Waals surface area (Å²) in [6.45, 7) is 0.741. The Kier molecular flexibility index (Phi) is 5.76. The van der Waals surface area contributed by atoms with Crippen LogP contribution in [-0.2, 0) is 14.8 Å². The zero-order valence-corrected chi connectivity index (χ0v) is 17.0. The van der Waals surface area contributed by atoms with Crippen molar-refractivity contribution in [2.45, 2.75) is 4.90 Å². The molecule has 0 aromatic heterocycles. The van der Waals surface area contributed by atoms with Crippen molar-refractivity contribution in [1.82, 2.24) is 4.31 Å². The van der Waals surface area contributed by atoms with Crippen molar-refractivity contribution in [3.63, 3.8) is 0 Å². The molecular formula is C19H21N3O6S. The SMILES string of the molecule is COc1ccc(C(=O)Nc2cccc(N3CCOC3=O)c2)cc1S(=O)(=O)N(C)C. The van der Waals surface area contributed by atoms with E-state index in [2.05, 4.69) is 5.32 Å². The van der Waals surface area contributed by atoms with Gasteiger partial charge in [0, 0.05) is 31.0 Å². The lowest BCUT2D eigenvalue weighted by molar-refractivity contribution is 0.102. The van der Waals surface area contributed by atoms with E-state index in [1.165, 1.54) is 44.3 Å². The minimum atomic E-state index is -3.80. The number of nitrogens with one attached hydrogen (secondary N) is 1. The van der Waals surface area contributed by atoms with Gasteiger partial charge in [-0.1, -0.05) is 6.07 Å². The topological polar surface area (TPSA) is 105 Å². The predicted octanol–water partition coefficient (Wildman–Crippen LogP) is 2.15. The maximum atomic E-state index is 12.7. The zero-order valence-electron chi connectivity index (χ0n) is 16.2. The summed E-state index contributed by atoms with van der Waals surface area (Å²) >= 11 is 0. The highest BCUT2D eigenvalue weighted by Crippen LogP contribution is 2.28. The zero-order chi connectivity index (χ0) is 21.2. The monoisotopic (exact) mass is 419 g/mol. The standard InChI is InChI=1S/C19H21N3O6S/c1-21(2)29(25,26)17-11-13(7-8-16(17)27-3)18(23)20-14-5-4-6-15(12-14)22-9-10-28-19(22)24/h4-8,11-12H,9-10H2,1-3H3,(H,20,23). The molecule has 1 fully saturated rings. The number of methoxy groups -OCH3 is 1. The Balaban J connectivity index is 1.87. The van der Waals surface area contributed by atoms with E-state index in [-0.39, 0.29) is 16.2 Å². The number of benzene rings is 2. The highest BCUT2D eigenvalue weighted by Gasteiger charge is 2.25. The van der Waals surface area contributed by atoms with Crippen molar-refractivity contribution in [2.24, 2.45) is 0 Å². The number of nitrogens with zero attached hydrogens (tertiary/aromatic N) is 2. The van der Waals surface area contributed by atoms with E-state index in [1.807, 2.05) is 0 Å². The van der Waals surface area contributed by atoms with E-state index in [0.717, 1.165) is 4.31 Å². The molecule has 1 aliphatic heterocycles. The van der Waals surface area contributed by atoms with E-state index < -0.39 is 22.0 Å². The van der Waals surface area contributed by atoms with Crippen molar-refractivity contribution >= 4 is 33.4 Å². The van der Waals surface area contributed by atoms with E-state index in [1.54, 1.807) is 24.3 Å². The molecule has 3 rings (SSSR count). The number of carbonyl (C=O) groups is 2. The third-order valence-corrected chi connectivity index (χ3v) is 6.20. The number of rotatable bonds is 6. The third kappa shape index (κ3) is 4.17. The Morgan fingerprint density at radius 3 is 2.59 bits per heavy atom. The highest BCUT2D eigenvalue weighted by atomic mass is 32.2. The predicted molar refractivity (Wildman–Crippen MR) is 107 cm³/mol. The molecule has 1 N–H and O–H groups in total. The van der Waals surface area contributed by atoms with Gasteiger partial charge in [0.1, 0.15) is 17.3 Å². The lowest BCUT2D eigenvalue weighted by atomic mass is 10.2. The lowest BCUT2D eigenvalue weighted by Gasteiger charge is -2.16. The summed E-state index contributed by atoms with van der Waals surface area (Å²) in [4.78, 5) is 25.8. The molecule has 29 heavy (non-hydrogen) atoms. The van der Waals surface area contributed by atoms with Crippen LogP contribution in [0.3, 0.4) is 0 Å². The second kappa shape index (κ2) is 8.10. The Morgan fingerprint density at radius 2 is 1.97 bits per heavy atom. The van der Waals surface area contributed by atoms with Crippen LogP contribution < -0.4 is 15.0 Å². The summed E-state index contributed by atoms with van der Waals surface area (Å²) in [7, 11) is 0.356. The molecule has 1 heterocycles. The van der Waals surface area contributed by atoms with Gasteiger partial charge in [-0.25, -0.2) is 17.5 Å². The van der Waals surface area contributed by atoms with E-state index >= 15 is 0 Å². The second-order valence-corrected chi connectivity index (χ2v) is 8.54. The quantitative estimate of drug-likeness (QED) is 0.769. The first kappa shape index (κ1) is 20.6. The number of sulfonamides is 1. The van der Waals surface area contributed by atoms with Crippen molar-refractivity contribution in [1.29, 1.82) is 0 Å². The van der Waals surface area contributed by atoms with Crippen LogP contribution in [0, 0.1) is 0 Å². The molecule has 0 aliphatic carbocycles. The number of hydrogen-bond donors (Lipinski definition) is 1. The first-order valence-corrected chi connectivity index (χ1v) is 10.1. The normalized spacial score (nSPS) is 14.1. The first-order valence-electron chi connectivity index (χ1n) is 8.70. The summed E-state index contributed by atoms with van der Waals surface area (Å²) in [6.07, 6.45) is -0.442. The van der Waals surface area contributed by atoms with Gasteiger partial charge in [0.05, 0.1) is 13.7 Å². The van der Waals surface area contributed by atoms with Crippen LogP contribution in [-0.4, -0.2) is 59.1 Å². The van der Waals surface area contributed by atoms with Crippen molar-refractivity contribution < 1.29 is 27.5 Å². The molecule has 9 nitrogen and oxygen atoms in total. The first-order chi connectivity index (χ1) is 13.7. The molecule has 2 aromatic rings. The van der Waals surface area contributed by atoms with Gasteiger partial charge >= 0.3 is 6.09 Å². The largest absolute Gasteiger partial charge is 0.495 e. The van der Waals surface area contributed by atoms with Gasteiger partial charge in [0.25, 0.3) is 5.91 Å². The average Bonchev–Trinajstić information content (AvgIpc) is 3.13. The maximum absolute atomic E-state index is 12.7. The van der Waals surface area contributed by atoms with Crippen LogP contribution in [0.2, 0.25) is 0 Å². The van der Waals surface area contributed by atoms with E-state index in [4.69, 9.17) is 9.47 Å². The van der Waals surface area contributed by atoms with Crippen LogP contribution >= 0.6 is 0 Å². The minimum Gasteiger partial charge on any atom is -0.495 e. The fraction of sp³-hybridized carbons (Fsp3) is 0.263. The van der Waals surface area contributed by atoms with Crippen LogP contribution in [0.4, 0.5) is 16.2 Å². The van der Waals surface area contributed by atoms with Crippen molar-refractivity contribution in [3.8, 4) is 5.75 Å². The van der Waals surface area contributed by atoms with Gasteiger partial charge < -0.3 is 14.8 Å². The molecule has 1 saturated heterocycles. The minimum absolute atomic E-state index is 0.105. The summed E-state index contributed by atoms with van der Waals surface area (Å²) < 4.78 is 36.2. The van der Waals surface area contributed by atoms with E-state index in [9.17, 15) is 18.0 Å². The molecule has 0 radical (unpaired) electrons. The second-order valence-electron chi connectivity index (χ2n) is 6.42. The Labute approximate surface area is 168 Å². The molecule has 0 unspecified atom stereocenters. The molecule has 0 saturated carbocycles. The lowest BCUT2D eigenvalue weighted by Crippen LogP contribution is -2.24. The summed E-state index contributed by atoms with van der Waals surface area (Å²) in [5.41, 5.74) is 1.20. The van der Waals surface area contributed by atoms with E-state index in [0.29, 0.717) is 24.5 Å². The molecule has 10 heteroatoms. The summed E-state index contributed by atoms with van der Waals surface area (Å²) in [5, 5.41) is 2.72. The number of hydrogen-bond acceptors (Lipinski definition) is 6. The maximum Gasteiger partial charge on any atom is 0.414 e. The summed E-state index contributed by atoms with van der Waals surface area (Å²) in [5.74, 6) is -0.353. The molecule has 2 aromatic carbocycles. The van der Waals surface area contributed by atoms with Gasteiger partial charge in [-0.3, -0.25) is 9.69 Å². The number of amides is 2. The number of cyclic esters (lactones) is 1. The number of carbonyl (C=O) groups excluding carboxylic acids is 2. The fourth-order valence-electron chi connectivity index (χ4n) is 2.80. The Morgan fingerprint density at radius 1 is 1.21 bits per heavy atom. The molecular weight excluding hydrogens is 398 g/mol. The number of anilines is 2. The molecule has 0 spiro atoms. The smallest absolute Gasteiger partial charge is 0.414 e. The van der Waals surface area contributed by atoms with Gasteiger partial charge in [-0.15, -0.1) is 0 Å².